The summed E-state index contributed by atoms with van der Waals surface area (Å²) >= 11 is 5.67. The summed E-state index contributed by atoms with van der Waals surface area (Å²) in [6.07, 6.45) is -7.09. The van der Waals surface area contributed by atoms with Crippen LogP contribution in [0, 0.1) is 0 Å². The number of halogens is 3. The van der Waals surface area contributed by atoms with E-state index in [1.54, 1.807) is 0 Å². The van der Waals surface area contributed by atoms with Gasteiger partial charge in [-0.3, -0.25) is 9.13 Å². The summed E-state index contributed by atoms with van der Waals surface area (Å²) in [7, 11) is -17.5. The molecule has 7 atom stereocenters. The molecule has 0 saturated carbocycles. The first-order valence-corrected chi connectivity index (χ1v) is 13.3. The van der Waals surface area contributed by atoms with Crippen molar-refractivity contribution in [3.63, 3.8) is 0 Å². The van der Waals surface area contributed by atoms with Crippen molar-refractivity contribution in [1.29, 1.82) is 0 Å². The van der Waals surface area contributed by atoms with Gasteiger partial charge >= 0.3 is 28.9 Å². The molecular formula is C11H17ClF2N3O12P3. The lowest BCUT2D eigenvalue weighted by Crippen LogP contribution is -2.46. The fourth-order valence-electron chi connectivity index (χ4n) is 2.73. The number of phosphoric acid groups is 2. The van der Waals surface area contributed by atoms with Crippen molar-refractivity contribution in [3.05, 3.63) is 22.7 Å². The van der Waals surface area contributed by atoms with Gasteiger partial charge in [0.1, 0.15) is 17.5 Å². The SMILES string of the molecule is Nc1ccn(C2O[C@](CCl)(CC(F)P(=O)(O)OP(=O)(O)OP(=O)(O)O)[C@@H](O)[C@H]2F)c(=O)n1. The largest absolute Gasteiger partial charge is 0.488 e. The van der Waals surface area contributed by atoms with Gasteiger partial charge in [-0.1, -0.05) is 0 Å². The molecular weight excluding hydrogens is 533 g/mol. The summed E-state index contributed by atoms with van der Waals surface area (Å²) in [5, 5.41) is 10.2. The van der Waals surface area contributed by atoms with Crippen molar-refractivity contribution in [2.45, 2.75) is 36.4 Å². The highest BCUT2D eigenvalue weighted by molar-refractivity contribution is 7.68. The lowest BCUT2D eigenvalue weighted by Gasteiger charge is -2.31. The lowest BCUT2D eigenvalue weighted by atomic mass is 9.94. The van der Waals surface area contributed by atoms with Crippen LogP contribution in [0.3, 0.4) is 0 Å². The fraction of sp³-hybridized carbons (Fsp3) is 0.636. The minimum Gasteiger partial charge on any atom is -0.387 e. The highest BCUT2D eigenvalue weighted by Crippen LogP contribution is 2.68. The van der Waals surface area contributed by atoms with Crippen molar-refractivity contribution < 1.29 is 60.5 Å². The average molecular weight is 550 g/mol. The van der Waals surface area contributed by atoms with Crippen LogP contribution in [-0.2, 0) is 27.1 Å². The van der Waals surface area contributed by atoms with Crippen molar-refractivity contribution in [2.24, 2.45) is 0 Å². The van der Waals surface area contributed by atoms with Gasteiger partial charge < -0.3 is 35.2 Å². The maximum atomic E-state index is 14.7. The molecule has 2 heterocycles. The van der Waals surface area contributed by atoms with Crippen molar-refractivity contribution in [3.8, 4) is 0 Å². The first kappa shape index (κ1) is 27.4. The van der Waals surface area contributed by atoms with Gasteiger partial charge in [0, 0.05) is 12.6 Å². The molecule has 1 aromatic heterocycles. The zero-order chi connectivity index (χ0) is 24.7. The molecule has 0 bridgehead atoms. The number of aromatic nitrogens is 2. The number of hydrogen-bond acceptors (Lipinski definition) is 10. The minimum atomic E-state index is -5.96. The van der Waals surface area contributed by atoms with Crippen LogP contribution >= 0.6 is 34.8 Å². The standard InChI is InChI=1S/C11H17ClF2N3O12P3/c12-4-11(3-5(13)30(20,21)28-32(25,26)29-31(22,23)24)8(18)7(14)9(27-11)17-2-1-6(15)16-10(17)19/h1-2,5,7-9,18H,3-4H2,(H,20,21)(H,25,26)(H2,15,16,19)(H2,22,23,24)/t5?,7-,8+,9?,11+/m1/s1. The van der Waals surface area contributed by atoms with Gasteiger partial charge in [0.25, 0.3) is 0 Å². The van der Waals surface area contributed by atoms with Crippen LogP contribution in [0.2, 0.25) is 0 Å². The van der Waals surface area contributed by atoms with Crippen molar-refractivity contribution in [1.82, 2.24) is 9.55 Å². The number of nitrogens with zero attached hydrogens (tertiary/aromatic N) is 2. The quantitative estimate of drug-likeness (QED) is 0.177. The highest BCUT2D eigenvalue weighted by Gasteiger charge is 2.59. The Balaban J connectivity index is 2.28. The fourth-order valence-corrected chi connectivity index (χ4v) is 6.66. The Morgan fingerprint density at radius 1 is 1.31 bits per heavy atom. The van der Waals surface area contributed by atoms with E-state index in [4.69, 9.17) is 36.8 Å². The van der Waals surface area contributed by atoms with Crippen LogP contribution in [0.1, 0.15) is 12.6 Å². The molecule has 184 valence electrons. The maximum absolute atomic E-state index is 14.7. The molecule has 0 amide bonds. The van der Waals surface area contributed by atoms with Crippen molar-refractivity contribution in [2.75, 3.05) is 11.6 Å². The van der Waals surface area contributed by atoms with Gasteiger partial charge in [-0.05, 0) is 6.07 Å². The first-order chi connectivity index (χ1) is 14.4. The Hall–Kier alpha value is -0.800. The van der Waals surface area contributed by atoms with Crippen LogP contribution in [0.15, 0.2) is 17.1 Å². The molecule has 1 aromatic rings. The maximum Gasteiger partial charge on any atom is 0.488 e. The summed E-state index contributed by atoms with van der Waals surface area (Å²) in [6.45, 7) is 0. The van der Waals surface area contributed by atoms with E-state index in [1.165, 1.54) is 0 Å². The Labute approximate surface area is 182 Å². The summed E-state index contributed by atoms with van der Waals surface area (Å²) < 4.78 is 76.1. The van der Waals surface area contributed by atoms with E-state index in [-0.39, 0.29) is 5.82 Å². The predicted molar refractivity (Wildman–Crippen MR) is 101 cm³/mol. The van der Waals surface area contributed by atoms with Gasteiger partial charge in [0.15, 0.2) is 12.4 Å². The lowest BCUT2D eigenvalue weighted by molar-refractivity contribution is -0.100. The Kier molecular flexibility index (Phi) is 8.10. The smallest absolute Gasteiger partial charge is 0.387 e. The van der Waals surface area contributed by atoms with Crippen molar-refractivity contribution >= 4 is 40.7 Å². The van der Waals surface area contributed by atoms with E-state index in [0.29, 0.717) is 4.57 Å². The van der Waals surface area contributed by atoms with E-state index < -0.39 is 71.2 Å². The second kappa shape index (κ2) is 9.45. The van der Waals surface area contributed by atoms with E-state index in [9.17, 15) is 37.3 Å². The molecule has 1 aliphatic heterocycles. The van der Waals surface area contributed by atoms with E-state index >= 15 is 0 Å². The summed E-state index contributed by atoms with van der Waals surface area (Å²) in [6, 6.07) is 1.08. The zero-order valence-corrected chi connectivity index (χ0v) is 18.9. The molecule has 1 fully saturated rings. The topological polar surface area (TPSA) is 241 Å². The van der Waals surface area contributed by atoms with E-state index in [1.807, 2.05) is 0 Å². The van der Waals surface area contributed by atoms with Gasteiger partial charge in [-0.2, -0.15) is 9.29 Å². The number of alkyl halides is 3. The van der Waals surface area contributed by atoms with Crippen LogP contribution < -0.4 is 11.4 Å². The molecule has 0 radical (unpaired) electrons. The molecule has 21 heteroatoms. The molecule has 0 spiro atoms. The molecule has 4 unspecified atom stereocenters. The van der Waals surface area contributed by atoms with Crippen LogP contribution in [-0.4, -0.2) is 63.9 Å². The predicted octanol–water partition coefficient (Wildman–Crippen LogP) is 0.128. The van der Waals surface area contributed by atoms with Gasteiger partial charge in [-0.25, -0.2) is 27.0 Å². The number of hydrogen-bond donors (Lipinski definition) is 6. The third-order valence-electron chi connectivity index (χ3n) is 4.12. The van der Waals surface area contributed by atoms with Gasteiger partial charge in [0.05, 0.1) is 5.88 Å². The molecule has 1 saturated heterocycles. The Morgan fingerprint density at radius 2 is 1.91 bits per heavy atom. The molecule has 1 aliphatic rings. The van der Waals surface area contributed by atoms with E-state index in [2.05, 4.69) is 13.6 Å². The zero-order valence-electron chi connectivity index (χ0n) is 15.4. The highest BCUT2D eigenvalue weighted by atomic mass is 35.5. The second-order valence-corrected chi connectivity index (χ2v) is 11.6. The van der Waals surface area contributed by atoms with Crippen LogP contribution in [0.25, 0.3) is 0 Å². The number of aliphatic hydroxyl groups excluding tert-OH is 1. The number of nitrogens with two attached hydrogens (primary N) is 1. The second-order valence-electron chi connectivity index (χ2n) is 6.46. The van der Waals surface area contributed by atoms with E-state index in [0.717, 1.165) is 12.3 Å². The summed E-state index contributed by atoms with van der Waals surface area (Å²) in [5.41, 5.74) is 1.74. The number of ether oxygens (including phenoxy) is 1. The normalized spacial score (nSPS) is 31.1. The molecule has 0 aromatic carbocycles. The average Bonchev–Trinajstić information content (AvgIpc) is 2.84. The van der Waals surface area contributed by atoms with Gasteiger partial charge in [-0.15, -0.1) is 11.6 Å². The number of anilines is 1. The Bertz CT molecular complexity index is 1060. The van der Waals surface area contributed by atoms with Crippen LogP contribution in [0.4, 0.5) is 14.6 Å². The number of rotatable bonds is 9. The molecule has 15 nitrogen and oxygen atoms in total. The van der Waals surface area contributed by atoms with Gasteiger partial charge in [0.2, 0.25) is 5.91 Å². The number of aliphatic hydroxyl groups is 1. The molecule has 2 rings (SSSR count). The first-order valence-electron chi connectivity index (χ1n) is 8.11. The molecule has 0 aliphatic carbocycles. The summed E-state index contributed by atoms with van der Waals surface area (Å²) in [5.74, 6) is -4.33. The van der Waals surface area contributed by atoms with Crippen LogP contribution in [0.5, 0.6) is 0 Å². The minimum absolute atomic E-state index is 0.225. The molecule has 32 heavy (non-hydrogen) atoms. The molecule has 7 N–H and O–H groups in total. The number of nitrogen functional groups attached to an aromatic ring is 1. The third-order valence-corrected chi connectivity index (χ3v) is 8.90. The monoisotopic (exact) mass is 549 g/mol. The Morgan fingerprint density at radius 3 is 2.41 bits per heavy atom. The third kappa shape index (κ3) is 6.20. The summed E-state index contributed by atoms with van der Waals surface area (Å²) in [4.78, 5) is 51.0.